The summed E-state index contributed by atoms with van der Waals surface area (Å²) in [5.74, 6) is -0.394. The third-order valence-electron chi connectivity index (χ3n) is 2.51. The molecule has 2 aromatic carbocycles. The molecule has 0 aliphatic heterocycles. The Morgan fingerprint density at radius 3 is 2.63 bits per heavy atom. The summed E-state index contributed by atoms with van der Waals surface area (Å²) in [4.78, 5) is 0. The fourth-order valence-electron chi connectivity index (χ4n) is 1.56. The highest BCUT2D eigenvalue weighted by Gasteiger charge is 2.08. The van der Waals surface area contributed by atoms with Gasteiger partial charge in [-0.25, -0.2) is 4.39 Å². The topological polar surface area (TPSA) is 32.3 Å². The third-order valence-corrected chi connectivity index (χ3v) is 3.66. The predicted molar refractivity (Wildman–Crippen MR) is 79.6 cm³/mol. The van der Waals surface area contributed by atoms with Crippen molar-refractivity contribution in [2.45, 2.75) is 6.54 Å². The number of aromatic hydroxyl groups is 1. The Kier molecular flexibility index (Phi) is 4.55. The Labute approximate surface area is 128 Å². The van der Waals surface area contributed by atoms with Gasteiger partial charge in [0.2, 0.25) is 0 Å². The second-order valence-corrected chi connectivity index (χ2v) is 5.58. The minimum absolute atomic E-state index is 0.0313. The van der Waals surface area contributed by atoms with Gasteiger partial charge >= 0.3 is 0 Å². The molecule has 0 aliphatic rings. The maximum absolute atomic E-state index is 13.3. The van der Waals surface area contributed by atoms with Crippen LogP contribution in [0, 0.1) is 5.82 Å². The fraction of sp³-hybridized carbons (Fsp3) is 0.0769. The summed E-state index contributed by atoms with van der Waals surface area (Å²) in [6.45, 7) is 0.285. The molecule has 0 saturated heterocycles. The van der Waals surface area contributed by atoms with Crippen molar-refractivity contribution in [2.24, 2.45) is 0 Å². The molecular weight excluding hydrogens is 356 g/mol. The van der Waals surface area contributed by atoms with E-state index in [-0.39, 0.29) is 23.1 Å². The van der Waals surface area contributed by atoms with Gasteiger partial charge in [0.1, 0.15) is 11.6 Å². The van der Waals surface area contributed by atoms with Crippen molar-refractivity contribution < 1.29 is 9.50 Å². The highest BCUT2D eigenvalue weighted by Crippen LogP contribution is 2.31. The second kappa shape index (κ2) is 5.99. The molecule has 0 amide bonds. The van der Waals surface area contributed by atoms with E-state index in [0.717, 1.165) is 0 Å². The van der Waals surface area contributed by atoms with Crippen molar-refractivity contribution in [3.63, 3.8) is 0 Å². The van der Waals surface area contributed by atoms with Crippen LogP contribution in [0.15, 0.2) is 34.8 Å². The van der Waals surface area contributed by atoms with E-state index >= 15 is 0 Å². The lowest BCUT2D eigenvalue weighted by molar-refractivity contribution is 0.469. The lowest BCUT2D eigenvalue weighted by atomic mass is 10.2. The molecular formula is C13H9BrCl2FNO. The molecule has 2 N–H and O–H groups in total. The van der Waals surface area contributed by atoms with Crippen molar-refractivity contribution in [3.05, 3.63) is 56.2 Å². The van der Waals surface area contributed by atoms with Gasteiger partial charge in [0.25, 0.3) is 0 Å². The summed E-state index contributed by atoms with van der Waals surface area (Å²) >= 11 is 14.8. The van der Waals surface area contributed by atoms with Crippen LogP contribution in [0.1, 0.15) is 5.56 Å². The summed E-state index contributed by atoms with van der Waals surface area (Å²) in [5.41, 5.74) is 1.14. The Bertz CT molecular complexity index is 622. The number of hydrogen-bond donors (Lipinski definition) is 2. The zero-order valence-corrected chi connectivity index (χ0v) is 12.7. The highest BCUT2D eigenvalue weighted by molar-refractivity contribution is 9.10. The molecule has 6 heteroatoms. The molecule has 0 atom stereocenters. The summed E-state index contributed by atoms with van der Waals surface area (Å²) in [6.07, 6.45) is 0. The van der Waals surface area contributed by atoms with Crippen molar-refractivity contribution in [2.75, 3.05) is 5.32 Å². The standard InChI is InChI=1S/C13H9BrCl2FNO/c14-10-2-1-9(5-12(10)17)18-6-7-3-8(15)4-11(16)13(7)19/h1-5,18-19H,6H2. The van der Waals surface area contributed by atoms with Gasteiger partial charge in [0.15, 0.2) is 0 Å². The first-order chi connectivity index (χ1) is 8.97. The van der Waals surface area contributed by atoms with Crippen molar-refractivity contribution in [1.29, 1.82) is 0 Å². The summed E-state index contributed by atoms with van der Waals surface area (Å²) in [6, 6.07) is 7.73. The van der Waals surface area contributed by atoms with E-state index in [2.05, 4.69) is 21.2 Å². The quantitative estimate of drug-likeness (QED) is 0.783. The van der Waals surface area contributed by atoms with Crippen molar-refractivity contribution >= 4 is 44.8 Å². The Morgan fingerprint density at radius 2 is 1.95 bits per heavy atom. The molecule has 2 nitrogen and oxygen atoms in total. The number of anilines is 1. The van der Waals surface area contributed by atoms with E-state index in [4.69, 9.17) is 23.2 Å². The predicted octanol–water partition coefficient (Wildman–Crippen LogP) is 5.21. The average Bonchev–Trinajstić information content (AvgIpc) is 2.36. The van der Waals surface area contributed by atoms with Crippen LogP contribution in [0.2, 0.25) is 10.0 Å². The Hall–Kier alpha value is -0.970. The van der Waals surface area contributed by atoms with Crippen LogP contribution < -0.4 is 5.32 Å². The van der Waals surface area contributed by atoms with Crippen LogP contribution in [-0.4, -0.2) is 5.11 Å². The van der Waals surface area contributed by atoms with Crippen molar-refractivity contribution in [1.82, 2.24) is 0 Å². The number of nitrogens with one attached hydrogen (secondary N) is 1. The molecule has 0 aliphatic carbocycles. The number of halogens is 4. The molecule has 0 radical (unpaired) electrons. The number of hydrogen-bond acceptors (Lipinski definition) is 2. The monoisotopic (exact) mass is 363 g/mol. The molecule has 0 heterocycles. The minimum Gasteiger partial charge on any atom is -0.506 e. The summed E-state index contributed by atoms with van der Waals surface area (Å²) in [5, 5.41) is 13.4. The van der Waals surface area contributed by atoms with Crippen LogP contribution in [0.4, 0.5) is 10.1 Å². The van der Waals surface area contributed by atoms with Crippen LogP contribution >= 0.6 is 39.1 Å². The van der Waals surface area contributed by atoms with Crippen LogP contribution in [0.3, 0.4) is 0 Å². The smallest absolute Gasteiger partial charge is 0.139 e. The van der Waals surface area contributed by atoms with Gasteiger partial charge in [-0.1, -0.05) is 23.2 Å². The molecule has 0 fully saturated rings. The largest absolute Gasteiger partial charge is 0.506 e. The van der Waals surface area contributed by atoms with Crippen LogP contribution in [0.25, 0.3) is 0 Å². The molecule has 100 valence electrons. The minimum atomic E-state index is -0.363. The van der Waals surface area contributed by atoms with Gasteiger partial charge in [-0.3, -0.25) is 0 Å². The molecule has 0 saturated carbocycles. The van der Waals surface area contributed by atoms with Crippen LogP contribution in [-0.2, 0) is 6.54 Å². The van der Waals surface area contributed by atoms with Crippen molar-refractivity contribution in [3.8, 4) is 5.75 Å². The maximum Gasteiger partial charge on any atom is 0.139 e. The Balaban J connectivity index is 2.16. The van der Waals surface area contributed by atoms with Gasteiger partial charge in [0.05, 0.1) is 9.50 Å². The number of rotatable bonds is 3. The van der Waals surface area contributed by atoms with E-state index < -0.39 is 0 Å². The lowest BCUT2D eigenvalue weighted by Crippen LogP contribution is -2.00. The first kappa shape index (κ1) is 14.4. The van der Waals surface area contributed by atoms with E-state index in [0.29, 0.717) is 20.7 Å². The molecule has 0 unspecified atom stereocenters. The van der Waals surface area contributed by atoms with Crippen LogP contribution in [0.5, 0.6) is 5.75 Å². The zero-order valence-electron chi connectivity index (χ0n) is 9.55. The first-order valence-electron chi connectivity index (χ1n) is 5.33. The molecule has 19 heavy (non-hydrogen) atoms. The molecule has 0 bridgehead atoms. The zero-order chi connectivity index (χ0) is 14.0. The van der Waals surface area contributed by atoms with Gasteiger partial charge < -0.3 is 10.4 Å². The van der Waals surface area contributed by atoms with Gasteiger partial charge in [0, 0.05) is 22.8 Å². The lowest BCUT2D eigenvalue weighted by Gasteiger charge is -2.10. The van der Waals surface area contributed by atoms with Gasteiger partial charge in [-0.15, -0.1) is 0 Å². The fourth-order valence-corrected chi connectivity index (χ4v) is 2.34. The normalized spacial score (nSPS) is 10.5. The SMILES string of the molecule is Oc1c(Cl)cc(Cl)cc1CNc1ccc(Br)c(F)c1. The molecule has 2 rings (SSSR count). The summed E-state index contributed by atoms with van der Waals surface area (Å²) < 4.78 is 13.7. The van der Waals surface area contributed by atoms with E-state index in [1.807, 2.05) is 0 Å². The van der Waals surface area contributed by atoms with Gasteiger partial charge in [-0.2, -0.15) is 0 Å². The maximum atomic E-state index is 13.3. The highest BCUT2D eigenvalue weighted by atomic mass is 79.9. The number of benzene rings is 2. The number of phenolic OH excluding ortho intramolecular Hbond substituents is 1. The number of phenols is 1. The molecule has 2 aromatic rings. The van der Waals surface area contributed by atoms with E-state index in [1.165, 1.54) is 12.1 Å². The third kappa shape index (κ3) is 3.53. The van der Waals surface area contributed by atoms with E-state index in [1.54, 1.807) is 18.2 Å². The molecule has 0 spiro atoms. The second-order valence-electron chi connectivity index (χ2n) is 3.88. The van der Waals surface area contributed by atoms with Gasteiger partial charge in [-0.05, 0) is 46.3 Å². The Morgan fingerprint density at radius 1 is 1.21 bits per heavy atom. The van der Waals surface area contributed by atoms with E-state index in [9.17, 15) is 9.50 Å². The first-order valence-corrected chi connectivity index (χ1v) is 6.88. The molecule has 0 aromatic heterocycles. The summed E-state index contributed by atoms with van der Waals surface area (Å²) in [7, 11) is 0. The average molecular weight is 365 g/mol.